The molecule has 0 aromatic carbocycles. The maximum absolute atomic E-state index is 13.6. The van der Waals surface area contributed by atoms with Crippen LogP contribution in [0.2, 0.25) is 5.15 Å². The van der Waals surface area contributed by atoms with E-state index in [-0.39, 0.29) is 6.04 Å². The molecule has 2 unspecified atom stereocenters. The van der Waals surface area contributed by atoms with Crippen LogP contribution in [-0.2, 0) is 0 Å². The molecule has 0 radical (unpaired) electrons. The Labute approximate surface area is 121 Å². The zero-order chi connectivity index (χ0) is 14.1. The Morgan fingerprint density at radius 1 is 1.35 bits per heavy atom. The van der Waals surface area contributed by atoms with Gasteiger partial charge < -0.3 is 10.2 Å². The lowest BCUT2D eigenvalue weighted by molar-refractivity contribution is 0.153. The summed E-state index contributed by atoms with van der Waals surface area (Å²) in [5.41, 5.74) is 0. The predicted octanol–water partition coefficient (Wildman–Crippen LogP) is 2.13. The molecule has 5 nitrogen and oxygen atoms in total. The fourth-order valence-electron chi connectivity index (χ4n) is 2.62. The van der Waals surface area contributed by atoms with Gasteiger partial charge in [0.1, 0.15) is 6.17 Å². The molecule has 0 amide bonds. The smallest absolute Gasteiger partial charge is 0.159 e. The Hall–Kier alpha value is -1.53. The first-order valence-electron chi connectivity index (χ1n) is 6.48. The molecule has 7 heteroatoms. The highest BCUT2D eigenvalue weighted by atomic mass is 35.5. The van der Waals surface area contributed by atoms with Crippen LogP contribution in [0.25, 0.3) is 10.8 Å². The maximum atomic E-state index is 13.6. The van der Waals surface area contributed by atoms with Crippen molar-refractivity contribution in [3.8, 4) is 0 Å². The second-order valence-corrected chi connectivity index (χ2v) is 5.51. The van der Waals surface area contributed by atoms with Gasteiger partial charge in [-0.25, -0.2) is 4.39 Å². The molecule has 2 aromatic heterocycles. The molecule has 0 saturated carbocycles. The van der Waals surface area contributed by atoms with Crippen molar-refractivity contribution in [2.24, 2.45) is 0 Å². The van der Waals surface area contributed by atoms with Gasteiger partial charge in [0.15, 0.2) is 11.0 Å². The Morgan fingerprint density at radius 2 is 2.20 bits per heavy atom. The van der Waals surface area contributed by atoms with Crippen LogP contribution in [0.4, 0.5) is 10.2 Å². The number of fused-ring (bicyclic) bond motifs is 1. The number of hydrogen-bond donors (Lipinski definition) is 1. The van der Waals surface area contributed by atoms with E-state index < -0.39 is 6.17 Å². The SMILES string of the molecule is CN1CC(F)CC(Nc2nnc(Cl)c3ccncc23)C1. The number of piperidine rings is 1. The molecule has 3 heterocycles. The van der Waals surface area contributed by atoms with Crippen LogP contribution in [0.5, 0.6) is 0 Å². The van der Waals surface area contributed by atoms with E-state index in [1.54, 1.807) is 18.5 Å². The first kappa shape index (κ1) is 13.5. The molecule has 1 fully saturated rings. The molecular formula is C13H15ClFN5. The van der Waals surface area contributed by atoms with Crippen molar-refractivity contribution in [3.63, 3.8) is 0 Å². The zero-order valence-electron chi connectivity index (χ0n) is 11.1. The van der Waals surface area contributed by atoms with Gasteiger partial charge >= 0.3 is 0 Å². The van der Waals surface area contributed by atoms with E-state index >= 15 is 0 Å². The number of likely N-dealkylation sites (N-methyl/N-ethyl adjacent to an activating group) is 1. The quantitative estimate of drug-likeness (QED) is 0.920. The molecule has 1 aliphatic heterocycles. The number of alkyl halides is 1. The van der Waals surface area contributed by atoms with Gasteiger partial charge in [0.05, 0.1) is 0 Å². The lowest BCUT2D eigenvalue weighted by atomic mass is 10.0. The number of nitrogens with one attached hydrogen (secondary N) is 1. The minimum atomic E-state index is -0.823. The molecule has 20 heavy (non-hydrogen) atoms. The summed E-state index contributed by atoms with van der Waals surface area (Å²) in [6.07, 6.45) is 3.00. The van der Waals surface area contributed by atoms with Crippen molar-refractivity contribution in [1.29, 1.82) is 0 Å². The minimum absolute atomic E-state index is 0.00244. The number of likely N-dealkylation sites (tertiary alicyclic amines) is 1. The molecule has 2 atom stereocenters. The van der Waals surface area contributed by atoms with E-state index in [0.29, 0.717) is 23.9 Å². The third-order valence-corrected chi connectivity index (χ3v) is 3.74. The van der Waals surface area contributed by atoms with Crippen LogP contribution >= 0.6 is 11.6 Å². The molecule has 1 N–H and O–H groups in total. The first-order chi connectivity index (χ1) is 9.63. The number of nitrogens with zero attached hydrogens (tertiary/aromatic N) is 4. The van der Waals surface area contributed by atoms with Crippen molar-refractivity contribution in [1.82, 2.24) is 20.1 Å². The van der Waals surface area contributed by atoms with E-state index in [4.69, 9.17) is 11.6 Å². The molecule has 0 aliphatic carbocycles. The summed E-state index contributed by atoms with van der Waals surface area (Å²) in [6.45, 7) is 1.25. The van der Waals surface area contributed by atoms with Gasteiger partial charge in [-0.15, -0.1) is 10.2 Å². The van der Waals surface area contributed by atoms with Crippen LogP contribution in [0.15, 0.2) is 18.5 Å². The number of halogens is 2. The van der Waals surface area contributed by atoms with Crippen molar-refractivity contribution < 1.29 is 4.39 Å². The molecule has 0 spiro atoms. The minimum Gasteiger partial charge on any atom is -0.364 e. The Morgan fingerprint density at radius 3 is 3.00 bits per heavy atom. The third kappa shape index (κ3) is 2.66. The Bertz CT molecular complexity index is 613. The number of aromatic nitrogens is 3. The van der Waals surface area contributed by atoms with Gasteiger partial charge in [0.25, 0.3) is 0 Å². The molecular weight excluding hydrogens is 281 g/mol. The van der Waals surface area contributed by atoms with Crippen LogP contribution in [0.3, 0.4) is 0 Å². The average molecular weight is 296 g/mol. The lowest BCUT2D eigenvalue weighted by Crippen LogP contribution is -2.45. The number of rotatable bonds is 2. The maximum Gasteiger partial charge on any atom is 0.159 e. The number of hydrogen-bond acceptors (Lipinski definition) is 5. The van der Waals surface area contributed by atoms with E-state index in [1.807, 2.05) is 11.9 Å². The van der Waals surface area contributed by atoms with Gasteiger partial charge in [0, 0.05) is 48.7 Å². The second kappa shape index (κ2) is 5.46. The first-order valence-corrected chi connectivity index (χ1v) is 6.86. The average Bonchev–Trinajstić information content (AvgIpc) is 2.41. The van der Waals surface area contributed by atoms with Crippen molar-refractivity contribution >= 4 is 28.2 Å². The van der Waals surface area contributed by atoms with Crippen LogP contribution in [0, 0.1) is 0 Å². The summed E-state index contributed by atoms with van der Waals surface area (Å²) in [6, 6.07) is 1.80. The lowest BCUT2D eigenvalue weighted by Gasteiger charge is -2.32. The highest BCUT2D eigenvalue weighted by Crippen LogP contribution is 2.26. The normalized spacial score (nSPS) is 23.9. The van der Waals surface area contributed by atoms with E-state index in [0.717, 1.165) is 17.3 Å². The summed E-state index contributed by atoms with van der Waals surface area (Å²) in [4.78, 5) is 6.05. The molecule has 1 aliphatic rings. The molecule has 3 rings (SSSR count). The molecule has 1 saturated heterocycles. The van der Waals surface area contributed by atoms with Crippen LogP contribution < -0.4 is 5.32 Å². The van der Waals surface area contributed by atoms with Gasteiger partial charge in [-0.1, -0.05) is 11.6 Å². The monoisotopic (exact) mass is 295 g/mol. The van der Waals surface area contributed by atoms with Gasteiger partial charge in [0.2, 0.25) is 0 Å². The standard InChI is InChI=1S/C13H15ClFN5/c1-20-6-8(15)4-9(7-20)17-13-11-5-16-3-2-10(11)12(14)18-19-13/h2-3,5,8-9H,4,6-7H2,1H3,(H,17,19). The summed E-state index contributed by atoms with van der Waals surface area (Å²) in [5, 5.41) is 13.2. The van der Waals surface area contributed by atoms with Crippen molar-refractivity contribution in [2.45, 2.75) is 18.6 Å². The Balaban J connectivity index is 1.89. The zero-order valence-corrected chi connectivity index (χ0v) is 11.8. The highest BCUT2D eigenvalue weighted by Gasteiger charge is 2.25. The largest absolute Gasteiger partial charge is 0.364 e. The third-order valence-electron chi connectivity index (χ3n) is 3.46. The van der Waals surface area contributed by atoms with Gasteiger partial charge in [-0.05, 0) is 13.1 Å². The van der Waals surface area contributed by atoms with Crippen LogP contribution in [-0.4, -0.2) is 52.4 Å². The molecule has 2 aromatic rings. The second-order valence-electron chi connectivity index (χ2n) is 5.16. The Kier molecular flexibility index (Phi) is 3.67. The summed E-state index contributed by atoms with van der Waals surface area (Å²) in [7, 11) is 1.91. The fourth-order valence-corrected chi connectivity index (χ4v) is 2.82. The highest BCUT2D eigenvalue weighted by molar-refractivity contribution is 6.34. The molecule has 106 valence electrons. The number of pyridine rings is 1. The van der Waals surface area contributed by atoms with E-state index in [1.165, 1.54) is 0 Å². The fraction of sp³-hybridized carbons (Fsp3) is 0.462. The predicted molar refractivity (Wildman–Crippen MR) is 76.8 cm³/mol. The summed E-state index contributed by atoms with van der Waals surface area (Å²) >= 11 is 6.02. The summed E-state index contributed by atoms with van der Waals surface area (Å²) in [5.74, 6) is 0.602. The number of anilines is 1. The van der Waals surface area contributed by atoms with E-state index in [9.17, 15) is 4.39 Å². The topological polar surface area (TPSA) is 53.9 Å². The van der Waals surface area contributed by atoms with Crippen molar-refractivity contribution in [2.75, 3.05) is 25.5 Å². The summed E-state index contributed by atoms with van der Waals surface area (Å²) < 4.78 is 13.6. The molecule has 0 bridgehead atoms. The van der Waals surface area contributed by atoms with Crippen molar-refractivity contribution in [3.05, 3.63) is 23.6 Å². The van der Waals surface area contributed by atoms with Gasteiger partial charge in [-0.3, -0.25) is 4.98 Å². The van der Waals surface area contributed by atoms with Crippen LogP contribution in [0.1, 0.15) is 6.42 Å². The van der Waals surface area contributed by atoms with Gasteiger partial charge in [-0.2, -0.15) is 0 Å². The van der Waals surface area contributed by atoms with E-state index in [2.05, 4.69) is 20.5 Å².